The molecule has 0 saturated carbocycles. The van der Waals surface area contributed by atoms with E-state index in [-0.39, 0.29) is 12.2 Å². The molecule has 0 unspecified atom stereocenters. The van der Waals surface area contributed by atoms with E-state index in [0.29, 0.717) is 38.9 Å². The number of aromatic carboxylic acids is 1. The molecule has 0 amide bonds. The van der Waals surface area contributed by atoms with Crippen LogP contribution in [0.3, 0.4) is 0 Å². The highest BCUT2D eigenvalue weighted by Gasteiger charge is 2.20. The van der Waals surface area contributed by atoms with Gasteiger partial charge in [0.2, 0.25) is 10.4 Å². The maximum atomic E-state index is 11.2. The Hall–Kier alpha value is -3.63. The highest BCUT2D eigenvalue weighted by molar-refractivity contribution is 7.80. The molecule has 0 spiro atoms. The van der Waals surface area contributed by atoms with Crippen molar-refractivity contribution in [1.29, 1.82) is 0 Å². The topological polar surface area (TPSA) is 182 Å². The highest BCUT2D eigenvalue weighted by atomic mass is 32.3. The van der Waals surface area contributed by atoms with Crippen molar-refractivity contribution < 1.29 is 36.7 Å². The van der Waals surface area contributed by atoms with E-state index < -0.39 is 16.4 Å². The number of hydrogen-bond donors (Lipinski definition) is 2. The molecule has 0 saturated heterocycles. The Bertz CT molecular complexity index is 1540. The summed E-state index contributed by atoms with van der Waals surface area (Å²) >= 11 is 1.36. The van der Waals surface area contributed by atoms with Crippen LogP contribution in [0.15, 0.2) is 52.7 Å². The highest BCUT2D eigenvalue weighted by Crippen LogP contribution is 2.28. The number of thiazole rings is 1. The van der Waals surface area contributed by atoms with Crippen molar-refractivity contribution in [3.8, 4) is 0 Å². The zero-order valence-corrected chi connectivity index (χ0v) is 21.7. The van der Waals surface area contributed by atoms with E-state index in [1.165, 1.54) is 23.5 Å². The molecule has 4 rings (SSSR count). The van der Waals surface area contributed by atoms with Crippen LogP contribution in [-0.4, -0.2) is 65.9 Å². The normalized spacial score (nSPS) is 11.6. The van der Waals surface area contributed by atoms with Crippen molar-refractivity contribution in [3.05, 3.63) is 48.0 Å². The second kappa shape index (κ2) is 12.1. The van der Waals surface area contributed by atoms with Crippen molar-refractivity contribution in [2.24, 2.45) is 17.3 Å². The van der Waals surface area contributed by atoms with E-state index in [0.717, 1.165) is 19.3 Å². The van der Waals surface area contributed by atoms with Gasteiger partial charge in [0.25, 0.3) is 0 Å². The fourth-order valence-corrected chi connectivity index (χ4v) is 4.10. The van der Waals surface area contributed by atoms with Gasteiger partial charge in [0.05, 0.1) is 26.3 Å². The Morgan fingerprint density at radius 2 is 1.84 bits per heavy atom. The summed E-state index contributed by atoms with van der Waals surface area (Å²) in [6, 6.07) is 12.4. The zero-order chi connectivity index (χ0) is 27.2. The van der Waals surface area contributed by atoms with Crippen LogP contribution in [0.5, 0.6) is 0 Å². The number of aliphatic hydroxyl groups excluding tert-OH is 1. The number of nitrogens with zero attached hydrogens (tertiary/aromatic N) is 6. The van der Waals surface area contributed by atoms with Crippen molar-refractivity contribution in [1.82, 2.24) is 9.97 Å². The smallest absolute Gasteiger partial charge is 0.347 e. The molecule has 0 aliphatic carbocycles. The van der Waals surface area contributed by atoms with E-state index in [9.17, 15) is 22.9 Å². The van der Waals surface area contributed by atoms with Crippen molar-refractivity contribution in [3.63, 3.8) is 0 Å². The van der Waals surface area contributed by atoms with Crippen LogP contribution in [0.2, 0.25) is 0 Å². The number of azo groups is 1. The van der Waals surface area contributed by atoms with Crippen LogP contribution in [-0.2, 0) is 21.6 Å². The summed E-state index contributed by atoms with van der Waals surface area (Å²) in [7, 11) is -1.78. The van der Waals surface area contributed by atoms with Crippen LogP contribution < -0.4 is 9.47 Å². The summed E-state index contributed by atoms with van der Waals surface area (Å²) in [5.41, 5.74) is 3.65. The predicted molar refractivity (Wildman–Crippen MR) is 135 cm³/mol. The first kappa shape index (κ1) is 27.9. The maximum absolute atomic E-state index is 11.2. The van der Waals surface area contributed by atoms with E-state index in [1.807, 2.05) is 38.2 Å². The number of carboxylic acids is 1. The fraction of sp³-hybridized carbons (Fsp3) is 0.273. The summed E-state index contributed by atoms with van der Waals surface area (Å²) in [5, 5.41) is 27.7. The van der Waals surface area contributed by atoms with E-state index in [1.54, 1.807) is 10.6 Å². The van der Waals surface area contributed by atoms with Gasteiger partial charge in [0, 0.05) is 23.9 Å². The molecular formula is C22H24N6O7S2. The number of carbonyl (C=O) groups is 1. The largest absolute Gasteiger partial charge is 0.726 e. The molecule has 0 radical (unpaired) electrons. The Morgan fingerprint density at radius 3 is 2.41 bits per heavy atom. The number of aromatic nitrogens is 3. The number of anilines is 1. The fourth-order valence-electron chi connectivity index (χ4n) is 3.20. The third-order valence-corrected chi connectivity index (χ3v) is 6.49. The molecule has 0 fully saturated rings. The summed E-state index contributed by atoms with van der Waals surface area (Å²) in [6.45, 7) is 3.53. The molecule has 4 aromatic rings. The van der Waals surface area contributed by atoms with Crippen LogP contribution in [0.25, 0.3) is 21.5 Å². The lowest BCUT2D eigenvalue weighted by atomic mass is 10.2. The molecule has 2 aromatic heterocycles. The molecule has 13 nitrogen and oxygen atoms in total. The number of carboxylic acid groups (broad SMARTS) is 1. The quantitative estimate of drug-likeness (QED) is 0.144. The molecule has 0 atom stereocenters. The van der Waals surface area contributed by atoms with Crippen molar-refractivity contribution in [2.45, 2.75) is 6.92 Å². The van der Waals surface area contributed by atoms with Crippen LogP contribution >= 0.6 is 11.3 Å². The number of rotatable bonds is 8. The summed E-state index contributed by atoms with van der Waals surface area (Å²) in [6.07, 6.45) is 0. The second-order valence-electron chi connectivity index (χ2n) is 7.40. The van der Waals surface area contributed by atoms with Gasteiger partial charge in [-0.25, -0.2) is 22.8 Å². The first-order chi connectivity index (χ1) is 17.6. The van der Waals surface area contributed by atoms with Crippen molar-refractivity contribution >= 4 is 65.7 Å². The van der Waals surface area contributed by atoms with E-state index in [2.05, 4.69) is 29.3 Å². The van der Waals surface area contributed by atoms with Gasteiger partial charge in [0.1, 0.15) is 11.2 Å². The Labute approximate surface area is 216 Å². The molecule has 196 valence electrons. The number of likely N-dealkylation sites (N-methyl/N-ethyl adjacent to an activating group) is 1. The molecule has 0 aliphatic rings. The standard InChI is InChI=1S/C21H20N6O3S.CH4O4S/c1-3-27(10-11-28)15-7-5-14(6-8-15)24-25-21-26(2)18-19(31-21)23-16-9-4-13(20(29)30)12-17(16)22-18;1-5-6(2,3)4/h4-9,12,28H,3,10-11H2,1-2H3;1H3,(H,2,3,4). The first-order valence-corrected chi connectivity index (χ1v) is 12.9. The molecule has 15 heteroatoms. The van der Waals surface area contributed by atoms with E-state index >= 15 is 0 Å². The number of fused-ring (bicyclic) bond motifs is 2. The number of hydrogen-bond acceptors (Lipinski definition) is 12. The average Bonchev–Trinajstić information content (AvgIpc) is 3.18. The Balaban J connectivity index is 0.000000568. The minimum absolute atomic E-state index is 0.104. The van der Waals surface area contributed by atoms with Gasteiger partial charge in [-0.15, -0.1) is 0 Å². The summed E-state index contributed by atoms with van der Waals surface area (Å²) < 4.78 is 32.8. The number of aliphatic hydroxyl groups is 1. The van der Waals surface area contributed by atoms with Gasteiger partial charge in [-0.3, -0.25) is 4.18 Å². The second-order valence-corrected chi connectivity index (χ2v) is 9.51. The number of benzene rings is 2. The van der Waals surface area contributed by atoms with Gasteiger partial charge in [-0.2, -0.15) is 0 Å². The van der Waals surface area contributed by atoms with Gasteiger partial charge < -0.3 is 19.7 Å². The molecule has 0 aliphatic heterocycles. The third-order valence-electron chi connectivity index (χ3n) is 5.08. The molecule has 2 N–H and O–H groups in total. The molecule has 2 aromatic carbocycles. The third kappa shape index (κ3) is 7.21. The van der Waals surface area contributed by atoms with Crippen LogP contribution in [0.1, 0.15) is 17.3 Å². The van der Waals surface area contributed by atoms with Crippen LogP contribution in [0.4, 0.5) is 16.5 Å². The van der Waals surface area contributed by atoms with Crippen molar-refractivity contribution in [2.75, 3.05) is 31.7 Å². The van der Waals surface area contributed by atoms with E-state index in [4.69, 9.17) is 5.11 Å². The average molecular weight is 549 g/mol. The lowest BCUT2D eigenvalue weighted by molar-refractivity contribution is -0.629. The minimum Gasteiger partial charge on any atom is -0.726 e. The SMILES string of the molecule is CCN(CCO)c1ccc(N=Nc2sc3nc4ccc(C(=O)O)cc4nc3[n+]2C)cc1.COS(=O)(=O)[O-]. The monoisotopic (exact) mass is 548 g/mol. The predicted octanol–water partition coefficient (Wildman–Crippen LogP) is 2.69. The lowest BCUT2D eigenvalue weighted by Gasteiger charge is -2.21. The number of aryl methyl sites for hydroxylation is 1. The molecule has 37 heavy (non-hydrogen) atoms. The van der Waals surface area contributed by atoms with Gasteiger partial charge >= 0.3 is 16.7 Å². The Morgan fingerprint density at radius 1 is 1.16 bits per heavy atom. The zero-order valence-electron chi connectivity index (χ0n) is 20.1. The van der Waals surface area contributed by atoms with Gasteiger partial charge in [0.15, 0.2) is 10.3 Å². The van der Waals surface area contributed by atoms with Gasteiger partial charge in [-0.05, 0) is 60.7 Å². The minimum atomic E-state index is -4.41. The van der Waals surface area contributed by atoms with Gasteiger partial charge in [-0.1, -0.05) is 10.1 Å². The molecule has 2 heterocycles. The Kier molecular flexibility index (Phi) is 9.12. The lowest BCUT2D eigenvalue weighted by Crippen LogP contribution is -2.26. The molecule has 0 bridgehead atoms. The summed E-state index contributed by atoms with van der Waals surface area (Å²) in [5.74, 6) is -1.00. The van der Waals surface area contributed by atoms with Crippen LogP contribution in [0, 0.1) is 0 Å². The summed E-state index contributed by atoms with van der Waals surface area (Å²) in [4.78, 5) is 23.1. The molecular weight excluding hydrogens is 524 g/mol. The maximum Gasteiger partial charge on any atom is 0.347 e. The first-order valence-electron chi connectivity index (χ1n) is 10.8.